The van der Waals surface area contributed by atoms with Gasteiger partial charge in [0.2, 0.25) is 0 Å². The molecular weight excluding hydrogens is 222 g/mol. The van der Waals surface area contributed by atoms with Crippen molar-refractivity contribution in [3.63, 3.8) is 0 Å². The van der Waals surface area contributed by atoms with Gasteiger partial charge in [0.05, 0.1) is 6.61 Å². The van der Waals surface area contributed by atoms with Crippen molar-refractivity contribution in [1.29, 1.82) is 0 Å². The lowest BCUT2D eigenvalue weighted by Crippen LogP contribution is -2.47. The van der Waals surface area contributed by atoms with Crippen LogP contribution >= 0.6 is 0 Å². The van der Waals surface area contributed by atoms with Gasteiger partial charge in [0.1, 0.15) is 0 Å². The first-order valence-electron chi connectivity index (χ1n) is 8.12. The molecule has 2 nitrogen and oxygen atoms in total. The van der Waals surface area contributed by atoms with Crippen molar-refractivity contribution in [3.8, 4) is 0 Å². The number of rotatable bonds is 4. The van der Waals surface area contributed by atoms with Crippen LogP contribution in [0.1, 0.15) is 51.4 Å². The molecule has 4 bridgehead atoms. The normalized spacial score (nSPS) is 50.0. The molecule has 5 aliphatic rings. The molecule has 2 heteroatoms. The van der Waals surface area contributed by atoms with E-state index in [1.807, 2.05) is 0 Å². The number of ether oxygens (including phenoxy) is 1. The summed E-state index contributed by atoms with van der Waals surface area (Å²) in [6, 6.07) is 0.652. The van der Waals surface area contributed by atoms with Gasteiger partial charge in [0.15, 0.2) is 0 Å². The van der Waals surface area contributed by atoms with Gasteiger partial charge in [-0.2, -0.15) is 0 Å². The van der Waals surface area contributed by atoms with Crippen LogP contribution in [0.3, 0.4) is 0 Å². The van der Waals surface area contributed by atoms with Crippen molar-refractivity contribution in [3.05, 3.63) is 0 Å². The summed E-state index contributed by atoms with van der Waals surface area (Å²) in [5.41, 5.74) is 0.751. The minimum atomic E-state index is 0.652. The predicted octanol–water partition coefficient (Wildman–Crippen LogP) is 2.97. The van der Waals surface area contributed by atoms with E-state index < -0.39 is 0 Å². The van der Waals surface area contributed by atoms with E-state index in [4.69, 9.17) is 4.74 Å². The molecule has 0 aromatic heterocycles. The molecular formula is C16H27NO. The molecule has 1 N–H and O–H groups in total. The van der Waals surface area contributed by atoms with E-state index in [0.29, 0.717) is 6.04 Å². The highest BCUT2D eigenvalue weighted by molar-refractivity contribution is 5.01. The Hall–Kier alpha value is -0.0800. The first kappa shape index (κ1) is 11.7. The molecule has 1 atom stereocenters. The van der Waals surface area contributed by atoms with Gasteiger partial charge in [-0.3, -0.25) is 0 Å². The minimum absolute atomic E-state index is 0.652. The summed E-state index contributed by atoms with van der Waals surface area (Å²) >= 11 is 0. The maximum atomic E-state index is 5.44. The van der Waals surface area contributed by atoms with Crippen LogP contribution in [-0.2, 0) is 4.74 Å². The zero-order valence-corrected chi connectivity index (χ0v) is 11.5. The van der Waals surface area contributed by atoms with Gasteiger partial charge >= 0.3 is 0 Å². The first-order chi connectivity index (χ1) is 8.81. The van der Waals surface area contributed by atoms with E-state index in [2.05, 4.69) is 5.32 Å². The second-order valence-corrected chi connectivity index (χ2v) is 7.68. The molecule has 0 radical (unpaired) electrons. The fraction of sp³-hybridized carbons (Fsp3) is 1.00. The molecule has 5 fully saturated rings. The van der Waals surface area contributed by atoms with Crippen LogP contribution in [0.4, 0.5) is 0 Å². The van der Waals surface area contributed by atoms with Gasteiger partial charge < -0.3 is 10.1 Å². The second-order valence-electron chi connectivity index (χ2n) is 7.68. The summed E-state index contributed by atoms with van der Waals surface area (Å²) in [7, 11) is 0. The number of hydrogen-bond donors (Lipinski definition) is 1. The average Bonchev–Trinajstić information content (AvgIpc) is 2.79. The van der Waals surface area contributed by atoms with Crippen LogP contribution in [0.2, 0.25) is 0 Å². The van der Waals surface area contributed by atoms with Gasteiger partial charge in [-0.1, -0.05) is 0 Å². The number of nitrogens with one attached hydrogen (secondary N) is 1. The van der Waals surface area contributed by atoms with E-state index in [-0.39, 0.29) is 0 Å². The third kappa shape index (κ3) is 2.12. The van der Waals surface area contributed by atoms with Crippen molar-refractivity contribution in [1.82, 2.24) is 5.32 Å². The SMILES string of the molecule is C(CC12CC3CC(CC(C3)C1)C2)NC1CCOC1. The lowest BCUT2D eigenvalue weighted by Gasteiger charge is -2.57. The molecule has 0 aromatic rings. The quantitative estimate of drug-likeness (QED) is 0.827. The van der Waals surface area contributed by atoms with E-state index in [9.17, 15) is 0 Å². The summed E-state index contributed by atoms with van der Waals surface area (Å²) in [4.78, 5) is 0. The van der Waals surface area contributed by atoms with Gasteiger partial charge in [-0.15, -0.1) is 0 Å². The Labute approximate surface area is 111 Å². The Morgan fingerprint density at radius 2 is 1.67 bits per heavy atom. The zero-order chi connectivity index (χ0) is 12.0. The van der Waals surface area contributed by atoms with Crippen LogP contribution in [-0.4, -0.2) is 25.8 Å². The fourth-order valence-electron chi connectivity index (χ4n) is 5.83. The molecule has 5 rings (SSSR count). The molecule has 0 spiro atoms. The van der Waals surface area contributed by atoms with E-state index in [1.165, 1.54) is 19.4 Å². The van der Waals surface area contributed by atoms with Crippen LogP contribution < -0.4 is 5.32 Å². The standard InChI is InChI=1S/C16H27NO/c1-4-18-11-15(1)17-3-2-16-8-12-5-13(9-16)7-14(6-12)10-16/h12-15,17H,1-11H2. The molecule has 1 unspecified atom stereocenters. The van der Waals surface area contributed by atoms with Gasteiger partial charge in [0.25, 0.3) is 0 Å². The van der Waals surface area contributed by atoms with Crippen molar-refractivity contribution >= 4 is 0 Å². The maximum Gasteiger partial charge on any atom is 0.0620 e. The van der Waals surface area contributed by atoms with Crippen LogP contribution in [0.15, 0.2) is 0 Å². The molecule has 1 heterocycles. The third-order valence-corrected chi connectivity index (χ3v) is 6.18. The molecule has 0 amide bonds. The lowest BCUT2D eigenvalue weighted by molar-refractivity contribution is -0.0570. The zero-order valence-electron chi connectivity index (χ0n) is 11.5. The smallest absolute Gasteiger partial charge is 0.0620 e. The predicted molar refractivity (Wildman–Crippen MR) is 72.4 cm³/mol. The highest BCUT2D eigenvalue weighted by atomic mass is 16.5. The van der Waals surface area contributed by atoms with E-state index in [0.717, 1.165) is 36.4 Å². The van der Waals surface area contributed by atoms with Crippen molar-refractivity contribution in [2.24, 2.45) is 23.2 Å². The molecule has 4 aliphatic carbocycles. The fourth-order valence-corrected chi connectivity index (χ4v) is 5.83. The van der Waals surface area contributed by atoms with Gasteiger partial charge in [-0.25, -0.2) is 0 Å². The van der Waals surface area contributed by atoms with E-state index >= 15 is 0 Å². The van der Waals surface area contributed by atoms with Crippen LogP contribution in [0, 0.1) is 23.2 Å². The Morgan fingerprint density at radius 3 is 2.22 bits per heavy atom. The maximum absolute atomic E-state index is 5.44. The first-order valence-corrected chi connectivity index (χ1v) is 8.12. The molecule has 4 saturated carbocycles. The van der Waals surface area contributed by atoms with Gasteiger partial charge in [-0.05, 0) is 81.1 Å². The summed E-state index contributed by atoms with van der Waals surface area (Å²) < 4.78 is 5.44. The summed E-state index contributed by atoms with van der Waals surface area (Å²) in [6.07, 6.45) is 12.1. The van der Waals surface area contributed by atoms with Gasteiger partial charge in [0, 0.05) is 12.6 Å². The molecule has 1 aliphatic heterocycles. The van der Waals surface area contributed by atoms with Crippen molar-refractivity contribution < 1.29 is 4.74 Å². The number of hydrogen-bond acceptors (Lipinski definition) is 2. The van der Waals surface area contributed by atoms with Crippen LogP contribution in [0.5, 0.6) is 0 Å². The van der Waals surface area contributed by atoms with Crippen LogP contribution in [0.25, 0.3) is 0 Å². The van der Waals surface area contributed by atoms with Crippen molar-refractivity contribution in [2.45, 2.75) is 57.4 Å². The Morgan fingerprint density at radius 1 is 1.00 bits per heavy atom. The second kappa shape index (κ2) is 4.49. The Kier molecular flexibility index (Phi) is 2.92. The molecule has 1 saturated heterocycles. The molecule has 102 valence electrons. The Bertz CT molecular complexity index is 273. The summed E-state index contributed by atoms with van der Waals surface area (Å²) in [5, 5.41) is 3.73. The Balaban J connectivity index is 1.33. The molecule has 18 heavy (non-hydrogen) atoms. The summed E-state index contributed by atoms with van der Waals surface area (Å²) in [6.45, 7) is 3.15. The van der Waals surface area contributed by atoms with Crippen molar-refractivity contribution in [2.75, 3.05) is 19.8 Å². The highest BCUT2D eigenvalue weighted by Crippen LogP contribution is 2.61. The monoisotopic (exact) mass is 249 g/mol. The van der Waals surface area contributed by atoms with E-state index in [1.54, 1.807) is 38.5 Å². The lowest BCUT2D eigenvalue weighted by atomic mass is 9.49. The minimum Gasteiger partial charge on any atom is -0.380 e. The largest absolute Gasteiger partial charge is 0.380 e. The highest BCUT2D eigenvalue weighted by Gasteiger charge is 2.50. The third-order valence-electron chi connectivity index (χ3n) is 6.18. The average molecular weight is 249 g/mol. The summed E-state index contributed by atoms with van der Waals surface area (Å²) in [5.74, 6) is 3.31. The molecule has 0 aromatic carbocycles. The topological polar surface area (TPSA) is 21.3 Å².